The van der Waals surface area contributed by atoms with E-state index in [9.17, 15) is 9.59 Å². The molecule has 0 fully saturated rings. The van der Waals surface area contributed by atoms with Crippen molar-refractivity contribution in [1.82, 2.24) is 4.90 Å². The number of allylic oxidation sites excluding steroid dienone is 1. The van der Waals surface area contributed by atoms with Crippen molar-refractivity contribution in [3.63, 3.8) is 0 Å². The Labute approximate surface area is 179 Å². The van der Waals surface area contributed by atoms with Gasteiger partial charge in [0.2, 0.25) is 0 Å². The van der Waals surface area contributed by atoms with E-state index in [4.69, 9.17) is 4.74 Å². The van der Waals surface area contributed by atoms with Crippen LogP contribution in [0.5, 0.6) is 0 Å². The summed E-state index contributed by atoms with van der Waals surface area (Å²) < 4.78 is 9.44. The molecule has 0 saturated carbocycles. The average Bonchev–Trinajstić information content (AvgIpc) is 2.71. The van der Waals surface area contributed by atoms with Crippen LogP contribution in [0.25, 0.3) is 0 Å². The Bertz CT molecular complexity index is 446. The monoisotopic (exact) mass is 411 g/mol. The first kappa shape index (κ1) is 27.5. The molecule has 0 radical (unpaired) electrons. The van der Waals surface area contributed by atoms with Crippen molar-refractivity contribution in [2.45, 2.75) is 103 Å². The molecule has 0 N–H and O–H groups in total. The zero-order chi connectivity index (χ0) is 21.7. The van der Waals surface area contributed by atoms with Crippen LogP contribution >= 0.6 is 0 Å². The van der Waals surface area contributed by atoms with E-state index in [1.165, 1.54) is 84.8 Å². The topological polar surface area (TPSA) is 55.8 Å². The average molecular weight is 412 g/mol. The van der Waals surface area contributed by atoms with Crippen molar-refractivity contribution in [2.24, 2.45) is 0 Å². The highest BCUT2D eigenvalue weighted by molar-refractivity contribution is 5.87. The van der Waals surface area contributed by atoms with Crippen LogP contribution in [-0.4, -0.2) is 45.2 Å². The van der Waals surface area contributed by atoms with E-state index in [1.54, 1.807) is 0 Å². The third-order valence-electron chi connectivity index (χ3n) is 5.28. The number of nitrogens with zero attached hydrogens (tertiary/aromatic N) is 1. The van der Waals surface area contributed by atoms with E-state index in [-0.39, 0.29) is 11.9 Å². The molecular weight excluding hydrogens is 366 g/mol. The summed E-state index contributed by atoms with van der Waals surface area (Å²) in [6.07, 6.45) is 21.2. The van der Waals surface area contributed by atoms with Gasteiger partial charge in [-0.25, -0.2) is 4.79 Å². The molecule has 170 valence electrons. The minimum absolute atomic E-state index is 0.0844. The van der Waals surface area contributed by atoms with Crippen molar-refractivity contribution < 1.29 is 19.1 Å². The molecular formula is C24H45NO4. The predicted molar refractivity (Wildman–Crippen MR) is 120 cm³/mol. The highest BCUT2D eigenvalue weighted by Crippen LogP contribution is 2.14. The molecule has 0 spiro atoms. The molecule has 0 heterocycles. The summed E-state index contributed by atoms with van der Waals surface area (Å²) in [5.41, 5.74) is 0.647. The van der Waals surface area contributed by atoms with E-state index in [1.807, 2.05) is 25.1 Å². The SMILES string of the molecule is COC(=O)CCCCCCCCCCCCCCCCC=C(C(=O)OC)N(C)C. The van der Waals surface area contributed by atoms with E-state index in [2.05, 4.69) is 4.74 Å². The minimum Gasteiger partial charge on any atom is -0.469 e. The summed E-state index contributed by atoms with van der Waals surface area (Å²) in [6, 6.07) is 0. The fraction of sp³-hybridized carbons (Fsp3) is 0.833. The largest absolute Gasteiger partial charge is 0.469 e. The lowest BCUT2D eigenvalue weighted by Crippen LogP contribution is -2.20. The van der Waals surface area contributed by atoms with Gasteiger partial charge in [-0.05, 0) is 19.3 Å². The lowest BCUT2D eigenvalue weighted by Gasteiger charge is -2.14. The number of carbonyl (C=O) groups is 2. The normalized spacial score (nSPS) is 11.4. The van der Waals surface area contributed by atoms with Crippen molar-refractivity contribution in [1.29, 1.82) is 0 Å². The first-order valence-electron chi connectivity index (χ1n) is 11.6. The van der Waals surface area contributed by atoms with Gasteiger partial charge in [0.25, 0.3) is 0 Å². The van der Waals surface area contributed by atoms with Crippen molar-refractivity contribution in [2.75, 3.05) is 28.3 Å². The fourth-order valence-electron chi connectivity index (χ4n) is 3.43. The van der Waals surface area contributed by atoms with Gasteiger partial charge in [-0.15, -0.1) is 0 Å². The molecule has 0 rings (SSSR count). The first-order chi connectivity index (χ1) is 14.0. The molecule has 0 aliphatic carbocycles. The number of ether oxygens (including phenoxy) is 2. The third kappa shape index (κ3) is 17.1. The molecule has 0 aromatic rings. The van der Waals surface area contributed by atoms with Crippen LogP contribution in [0.15, 0.2) is 11.8 Å². The zero-order valence-electron chi connectivity index (χ0n) is 19.5. The molecule has 0 bridgehead atoms. The molecule has 5 nitrogen and oxygen atoms in total. The number of rotatable bonds is 19. The van der Waals surface area contributed by atoms with Crippen LogP contribution in [0.4, 0.5) is 0 Å². The Morgan fingerprint density at radius 3 is 1.45 bits per heavy atom. The molecule has 0 aliphatic rings. The second kappa shape index (κ2) is 19.8. The van der Waals surface area contributed by atoms with Gasteiger partial charge in [-0.2, -0.15) is 0 Å². The molecule has 0 aromatic heterocycles. The summed E-state index contributed by atoms with van der Waals surface area (Å²) in [5, 5.41) is 0. The number of unbranched alkanes of at least 4 members (excludes halogenated alkanes) is 14. The van der Waals surface area contributed by atoms with Gasteiger partial charge >= 0.3 is 11.9 Å². The zero-order valence-corrected chi connectivity index (χ0v) is 19.5. The van der Waals surface area contributed by atoms with Crippen molar-refractivity contribution in [3.8, 4) is 0 Å². The molecule has 0 amide bonds. The summed E-state index contributed by atoms with van der Waals surface area (Å²) in [7, 11) is 6.62. The smallest absolute Gasteiger partial charge is 0.353 e. The number of likely N-dealkylation sites (N-methyl/N-ethyl adjacent to an activating group) is 1. The van der Waals surface area contributed by atoms with Crippen LogP contribution in [0.2, 0.25) is 0 Å². The van der Waals surface area contributed by atoms with Crippen LogP contribution in [-0.2, 0) is 19.1 Å². The lowest BCUT2D eigenvalue weighted by molar-refractivity contribution is -0.140. The highest BCUT2D eigenvalue weighted by Gasteiger charge is 2.10. The summed E-state index contributed by atoms with van der Waals surface area (Å²) >= 11 is 0. The molecule has 0 aliphatic heterocycles. The van der Waals surface area contributed by atoms with Gasteiger partial charge in [-0.3, -0.25) is 4.79 Å². The number of carbonyl (C=O) groups excluding carboxylic acids is 2. The maximum atomic E-state index is 11.6. The summed E-state index contributed by atoms with van der Waals surface area (Å²) in [5.74, 6) is -0.340. The molecule has 0 atom stereocenters. The Morgan fingerprint density at radius 1 is 0.655 bits per heavy atom. The molecule has 5 heteroatoms. The van der Waals surface area contributed by atoms with Crippen LogP contribution in [0, 0.1) is 0 Å². The molecule has 29 heavy (non-hydrogen) atoms. The van der Waals surface area contributed by atoms with E-state index < -0.39 is 0 Å². The predicted octanol–water partition coefficient (Wildman–Crippen LogP) is 6.02. The van der Waals surface area contributed by atoms with Crippen LogP contribution in [0.3, 0.4) is 0 Å². The Balaban J connectivity index is 3.35. The van der Waals surface area contributed by atoms with Gasteiger partial charge in [-0.1, -0.05) is 83.1 Å². The first-order valence-corrected chi connectivity index (χ1v) is 11.6. The molecule has 0 saturated heterocycles. The minimum atomic E-state index is -0.256. The molecule has 0 aromatic carbocycles. The van der Waals surface area contributed by atoms with E-state index in [0.29, 0.717) is 12.1 Å². The maximum absolute atomic E-state index is 11.6. The maximum Gasteiger partial charge on any atom is 0.353 e. The van der Waals surface area contributed by atoms with Gasteiger partial charge in [0.15, 0.2) is 0 Å². The van der Waals surface area contributed by atoms with Crippen LogP contribution in [0.1, 0.15) is 103 Å². The number of hydrogen-bond donors (Lipinski definition) is 0. The van der Waals surface area contributed by atoms with E-state index >= 15 is 0 Å². The van der Waals surface area contributed by atoms with Crippen LogP contribution < -0.4 is 0 Å². The Morgan fingerprint density at radius 2 is 1.07 bits per heavy atom. The van der Waals surface area contributed by atoms with E-state index in [0.717, 1.165) is 25.7 Å². The van der Waals surface area contributed by atoms with Gasteiger partial charge < -0.3 is 14.4 Å². The summed E-state index contributed by atoms with van der Waals surface area (Å²) in [4.78, 5) is 24.4. The molecule has 0 unspecified atom stereocenters. The summed E-state index contributed by atoms with van der Waals surface area (Å²) in [6.45, 7) is 0. The second-order valence-electron chi connectivity index (χ2n) is 8.04. The Hall–Kier alpha value is -1.52. The lowest BCUT2D eigenvalue weighted by atomic mass is 10.0. The number of esters is 2. The Kier molecular flexibility index (Phi) is 18.7. The number of hydrogen-bond acceptors (Lipinski definition) is 5. The van der Waals surface area contributed by atoms with Gasteiger partial charge in [0.05, 0.1) is 14.2 Å². The standard InChI is InChI=1S/C24H45NO4/c1-25(2)22(24(27)29-4)20-18-16-14-12-10-8-6-5-7-9-11-13-15-17-19-21-23(26)28-3/h20H,5-19,21H2,1-4H3. The second-order valence-corrected chi connectivity index (χ2v) is 8.04. The van der Waals surface area contributed by atoms with Crippen molar-refractivity contribution >= 4 is 11.9 Å². The number of methoxy groups -OCH3 is 2. The van der Waals surface area contributed by atoms with Gasteiger partial charge in [0.1, 0.15) is 5.70 Å². The van der Waals surface area contributed by atoms with Crippen molar-refractivity contribution in [3.05, 3.63) is 11.8 Å². The third-order valence-corrected chi connectivity index (χ3v) is 5.28. The highest BCUT2D eigenvalue weighted by atomic mass is 16.5. The fourth-order valence-corrected chi connectivity index (χ4v) is 3.43. The van der Waals surface area contributed by atoms with Gasteiger partial charge in [0, 0.05) is 20.5 Å². The quantitative estimate of drug-likeness (QED) is 0.148.